The highest BCUT2D eigenvalue weighted by Crippen LogP contribution is 2.26. The highest BCUT2D eigenvalue weighted by Gasteiger charge is 2.26. The molecule has 0 amide bonds. The molecule has 5 nitrogen and oxygen atoms in total. The number of hydrogen-bond acceptors (Lipinski definition) is 3. The number of carboxylic acids is 1. The van der Waals surface area contributed by atoms with Crippen molar-refractivity contribution in [3.63, 3.8) is 0 Å². The molecule has 0 radical (unpaired) electrons. The van der Waals surface area contributed by atoms with E-state index < -0.39 is 29.0 Å². The van der Waals surface area contributed by atoms with Crippen molar-refractivity contribution in [2.24, 2.45) is 0 Å². The van der Waals surface area contributed by atoms with E-state index in [-0.39, 0.29) is 14.9 Å². The first-order chi connectivity index (χ1) is 8.66. The van der Waals surface area contributed by atoms with Crippen LogP contribution >= 0.6 is 15.9 Å². The number of carbonyl (C=O) groups is 1. The van der Waals surface area contributed by atoms with Gasteiger partial charge in [-0.25, -0.2) is 22.0 Å². The van der Waals surface area contributed by atoms with Gasteiger partial charge in [0.25, 0.3) is 6.43 Å². The maximum Gasteiger partial charge on any atom is 0.335 e. The first-order valence-corrected chi connectivity index (χ1v) is 7.17. The average molecular weight is 358 g/mol. The first-order valence-electron chi connectivity index (χ1n) is 4.93. The molecule has 1 aromatic rings. The molecule has 1 aromatic carbocycles. The Morgan fingerprint density at radius 2 is 2.05 bits per heavy atom. The fraction of sp³-hybridized carbons (Fsp3) is 0.300. The minimum Gasteiger partial charge on any atom is -0.478 e. The number of hydrogen-bond donors (Lipinski definition) is 1. The Hall–Kier alpha value is -1.06. The van der Waals surface area contributed by atoms with E-state index in [1.807, 2.05) is 0 Å². The van der Waals surface area contributed by atoms with Crippen molar-refractivity contribution < 1.29 is 27.1 Å². The van der Waals surface area contributed by atoms with Crippen LogP contribution in [0.3, 0.4) is 0 Å². The number of nitrogens with zero attached hydrogens (tertiary/aromatic N) is 1. The molecule has 0 atom stereocenters. The standard InChI is InChI=1S/C10H10BrF2NO4S/c1-14(5-9(12)13)19(17,18)8-4-6(10(15)16)2-3-7(8)11/h2-4,9H,5H2,1H3,(H,15,16). The lowest BCUT2D eigenvalue weighted by atomic mass is 10.2. The lowest BCUT2D eigenvalue weighted by Gasteiger charge is -2.17. The summed E-state index contributed by atoms with van der Waals surface area (Å²) in [5.41, 5.74) is -0.243. The number of alkyl halides is 2. The third kappa shape index (κ3) is 3.71. The van der Waals surface area contributed by atoms with Crippen LogP contribution in [-0.2, 0) is 10.0 Å². The zero-order valence-corrected chi connectivity index (χ0v) is 12.1. The van der Waals surface area contributed by atoms with Crippen molar-refractivity contribution in [3.8, 4) is 0 Å². The fourth-order valence-electron chi connectivity index (χ4n) is 1.29. The summed E-state index contributed by atoms with van der Waals surface area (Å²) in [6.45, 7) is -0.966. The fourth-order valence-corrected chi connectivity index (χ4v) is 3.39. The topological polar surface area (TPSA) is 74.7 Å². The summed E-state index contributed by atoms with van der Waals surface area (Å²) in [5.74, 6) is -1.31. The van der Waals surface area contributed by atoms with Gasteiger partial charge in [0.05, 0.1) is 17.0 Å². The van der Waals surface area contributed by atoms with E-state index in [1.165, 1.54) is 12.1 Å². The molecule has 0 fully saturated rings. The molecule has 0 spiro atoms. The molecule has 0 aliphatic carbocycles. The quantitative estimate of drug-likeness (QED) is 0.874. The van der Waals surface area contributed by atoms with E-state index >= 15 is 0 Å². The Morgan fingerprint density at radius 3 is 2.53 bits per heavy atom. The number of aromatic carboxylic acids is 1. The van der Waals surface area contributed by atoms with Gasteiger partial charge in [-0.2, -0.15) is 4.31 Å². The summed E-state index contributed by atoms with van der Waals surface area (Å²) in [7, 11) is -3.18. The minimum absolute atomic E-state index is 0.110. The zero-order valence-electron chi connectivity index (χ0n) is 9.68. The van der Waals surface area contributed by atoms with E-state index in [0.29, 0.717) is 4.31 Å². The van der Waals surface area contributed by atoms with Crippen molar-refractivity contribution in [1.82, 2.24) is 4.31 Å². The third-order valence-electron chi connectivity index (χ3n) is 2.26. The Balaban J connectivity index is 3.28. The SMILES string of the molecule is CN(CC(F)F)S(=O)(=O)c1cc(C(=O)O)ccc1Br. The second kappa shape index (κ2) is 5.93. The molecule has 9 heteroatoms. The van der Waals surface area contributed by atoms with Gasteiger partial charge in [0.15, 0.2) is 0 Å². The molecule has 0 aliphatic rings. The smallest absolute Gasteiger partial charge is 0.335 e. The summed E-state index contributed by atoms with van der Waals surface area (Å²) in [5, 5.41) is 8.81. The molecule has 0 saturated carbocycles. The Labute approximate surface area is 117 Å². The van der Waals surface area contributed by atoms with Gasteiger partial charge < -0.3 is 5.11 Å². The van der Waals surface area contributed by atoms with Gasteiger partial charge >= 0.3 is 5.97 Å². The molecule has 1 rings (SSSR count). The van der Waals surface area contributed by atoms with Crippen molar-refractivity contribution in [2.45, 2.75) is 11.3 Å². The van der Waals surface area contributed by atoms with Crippen molar-refractivity contribution >= 4 is 31.9 Å². The predicted molar refractivity (Wildman–Crippen MR) is 66.9 cm³/mol. The lowest BCUT2D eigenvalue weighted by molar-refractivity contribution is 0.0696. The normalized spacial score (nSPS) is 12.1. The van der Waals surface area contributed by atoms with Crippen LogP contribution in [0.25, 0.3) is 0 Å². The van der Waals surface area contributed by atoms with Gasteiger partial charge in [0.2, 0.25) is 10.0 Å². The van der Waals surface area contributed by atoms with Gasteiger partial charge in [0.1, 0.15) is 0 Å². The highest BCUT2D eigenvalue weighted by molar-refractivity contribution is 9.10. The molecule has 0 saturated heterocycles. The van der Waals surface area contributed by atoms with Crippen molar-refractivity contribution in [3.05, 3.63) is 28.2 Å². The number of carboxylic acid groups (broad SMARTS) is 1. The van der Waals surface area contributed by atoms with Crippen LogP contribution in [-0.4, -0.2) is 43.8 Å². The second-order valence-corrected chi connectivity index (χ2v) is 6.49. The molecule has 19 heavy (non-hydrogen) atoms. The van der Waals surface area contributed by atoms with E-state index in [9.17, 15) is 22.0 Å². The summed E-state index contributed by atoms with van der Waals surface area (Å²) < 4.78 is 49.1. The summed E-state index contributed by atoms with van der Waals surface area (Å²) in [6, 6.07) is 3.37. The molecule has 0 aliphatic heterocycles. The predicted octanol–water partition coefficient (Wildman–Crippen LogP) is 2.03. The van der Waals surface area contributed by atoms with E-state index in [2.05, 4.69) is 15.9 Å². The molecule has 0 bridgehead atoms. The monoisotopic (exact) mass is 357 g/mol. The van der Waals surface area contributed by atoms with Gasteiger partial charge in [-0.3, -0.25) is 0 Å². The van der Waals surface area contributed by atoms with Crippen molar-refractivity contribution in [1.29, 1.82) is 0 Å². The average Bonchev–Trinajstić information content (AvgIpc) is 2.27. The number of halogens is 3. The van der Waals surface area contributed by atoms with E-state index in [4.69, 9.17) is 5.11 Å². The maximum absolute atomic E-state index is 12.2. The van der Waals surface area contributed by atoms with Crippen LogP contribution in [0.4, 0.5) is 8.78 Å². The Kier molecular flexibility index (Phi) is 4.99. The third-order valence-corrected chi connectivity index (χ3v) is 5.08. The van der Waals surface area contributed by atoms with Gasteiger partial charge in [-0.05, 0) is 34.1 Å². The van der Waals surface area contributed by atoms with Crippen LogP contribution in [0.15, 0.2) is 27.6 Å². The van der Waals surface area contributed by atoms with Crippen LogP contribution in [0.5, 0.6) is 0 Å². The van der Waals surface area contributed by atoms with Crippen LogP contribution in [0.2, 0.25) is 0 Å². The molecule has 1 N–H and O–H groups in total. The van der Waals surface area contributed by atoms with E-state index in [0.717, 1.165) is 13.1 Å². The zero-order chi connectivity index (χ0) is 14.8. The molecular weight excluding hydrogens is 348 g/mol. The van der Waals surface area contributed by atoms with Gasteiger partial charge in [0, 0.05) is 11.5 Å². The Bertz CT molecular complexity index is 591. The van der Waals surface area contributed by atoms with Gasteiger partial charge in [-0.15, -0.1) is 0 Å². The second-order valence-electron chi connectivity index (χ2n) is 3.63. The first kappa shape index (κ1) is 16.0. The minimum atomic E-state index is -4.18. The molecule has 0 aromatic heterocycles. The molecule has 0 unspecified atom stereocenters. The summed E-state index contributed by atoms with van der Waals surface area (Å²) >= 11 is 2.96. The largest absolute Gasteiger partial charge is 0.478 e. The highest BCUT2D eigenvalue weighted by atomic mass is 79.9. The summed E-state index contributed by atoms with van der Waals surface area (Å²) in [6.07, 6.45) is -2.82. The summed E-state index contributed by atoms with van der Waals surface area (Å²) in [4.78, 5) is 10.4. The molecule has 0 heterocycles. The van der Waals surface area contributed by atoms with Gasteiger partial charge in [-0.1, -0.05) is 0 Å². The molecule has 106 valence electrons. The number of sulfonamides is 1. The number of benzene rings is 1. The van der Waals surface area contributed by atoms with Crippen LogP contribution in [0, 0.1) is 0 Å². The van der Waals surface area contributed by atoms with Crippen molar-refractivity contribution in [2.75, 3.05) is 13.6 Å². The van der Waals surface area contributed by atoms with E-state index in [1.54, 1.807) is 0 Å². The molecular formula is C10H10BrF2NO4S. The number of rotatable bonds is 5. The maximum atomic E-state index is 12.2. The van der Waals surface area contributed by atoms with Crippen LogP contribution < -0.4 is 0 Å². The Morgan fingerprint density at radius 1 is 1.47 bits per heavy atom. The lowest BCUT2D eigenvalue weighted by Crippen LogP contribution is -2.31. The van der Waals surface area contributed by atoms with Crippen LogP contribution in [0.1, 0.15) is 10.4 Å².